The van der Waals surface area contributed by atoms with Crippen LogP contribution in [0.15, 0.2) is 180 Å². The van der Waals surface area contributed by atoms with E-state index in [0.717, 1.165) is 22.3 Å². The molecule has 0 atom stereocenters. The van der Waals surface area contributed by atoms with E-state index in [1.165, 1.54) is 0 Å². The third kappa shape index (κ3) is 5.45. The average Bonchev–Trinajstić information content (AvgIpc) is 3.68. The summed E-state index contributed by atoms with van der Waals surface area (Å²) in [6, 6.07) is 28.1. The molecular weight excluding hydrogens is 599 g/mol. The van der Waals surface area contributed by atoms with Crippen LogP contribution in [-0.2, 0) is 0 Å². The topological polar surface area (TPSA) is 51.8 Å². The molecule has 0 unspecified atom stereocenters. The van der Waals surface area contributed by atoms with Gasteiger partial charge in [0, 0.05) is 33.0 Å². The van der Waals surface area contributed by atoms with E-state index in [1.54, 1.807) is 30.3 Å². The number of hydrogen-bond acceptors (Lipinski definition) is 4. The van der Waals surface area contributed by atoms with Gasteiger partial charge in [-0.15, -0.1) is 0 Å². The Labute approximate surface area is 299 Å². The van der Waals surface area contributed by atoms with Crippen LogP contribution in [0.25, 0.3) is 89.5 Å². The fourth-order valence-electron chi connectivity index (χ4n) is 5.78. The Morgan fingerprint density at radius 3 is 1.59 bits per heavy atom. The summed E-state index contributed by atoms with van der Waals surface area (Å²) in [5.41, 5.74) is 3.67. The van der Waals surface area contributed by atoms with Gasteiger partial charge in [0.2, 0.25) is 0 Å². The highest BCUT2D eigenvalue weighted by Crippen LogP contribution is 2.38. The molecule has 0 amide bonds. The summed E-state index contributed by atoms with van der Waals surface area (Å²) in [5.74, 6) is -0.647. The smallest absolute Gasteiger partial charge is 0.164 e. The van der Waals surface area contributed by atoms with Crippen LogP contribution in [0, 0.1) is 0 Å². The van der Waals surface area contributed by atoms with Crippen molar-refractivity contribution >= 4 is 21.9 Å². The number of hydrogen-bond donors (Lipinski definition) is 0. The van der Waals surface area contributed by atoms with Crippen LogP contribution < -0.4 is 0 Å². The van der Waals surface area contributed by atoms with Crippen molar-refractivity contribution in [1.82, 2.24) is 15.0 Å². The minimum atomic E-state index is -0.616. The van der Waals surface area contributed by atoms with E-state index in [4.69, 9.17) is 25.4 Å². The van der Waals surface area contributed by atoms with Crippen LogP contribution in [0.4, 0.5) is 0 Å². The number of furan rings is 1. The maximum absolute atomic E-state index is 9.51. The number of rotatable bonds is 6. The quantitative estimate of drug-likeness (QED) is 0.182. The number of fused-ring (bicyclic) bond motifs is 3. The first-order valence-corrected chi connectivity index (χ1v) is 15.5. The number of nitrogens with zero attached hydrogens (tertiary/aromatic N) is 3. The van der Waals surface area contributed by atoms with E-state index >= 15 is 0 Å². The van der Waals surface area contributed by atoms with Gasteiger partial charge in [-0.3, -0.25) is 0 Å². The van der Waals surface area contributed by atoms with Gasteiger partial charge in [0.1, 0.15) is 11.2 Å². The standard InChI is InChI=1S/C45H29N3O/c1-5-14-30(15-6-1)35-26-36(31-16-7-2-8-17-31)28-37(27-35)45-47-43(33-20-11-4-12-21-33)46-44(48-45)34-24-25-39-40-23-13-22-38(32-18-9-3-10-19-32)42(40)49-41(39)29-34/h1-29H/i4D,11D,12D,13D,20D,21D,22D,23D,24D,25D,29D. The van der Waals surface area contributed by atoms with Crippen LogP contribution >= 0.6 is 0 Å². The fraction of sp³-hybridized carbons (Fsp3) is 0. The Bertz CT molecular complexity index is 3130. The first-order valence-electron chi connectivity index (χ1n) is 21.0. The van der Waals surface area contributed by atoms with Gasteiger partial charge in [-0.05, 0) is 58.1 Å². The second kappa shape index (κ2) is 12.2. The maximum atomic E-state index is 9.51. The molecule has 0 aliphatic heterocycles. The lowest BCUT2D eigenvalue weighted by molar-refractivity contribution is 0.670. The molecule has 230 valence electrons. The summed E-state index contributed by atoms with van der Waals surface area (Å²) in [6.45, 7) is 0. The van der Waals surface area contributed by atoms with Crippen LogP contribution in [0.3, 0.4) is 0 Å². The Morgan fingerprint density at radius 2 is 0.959 bits per heavy atom. The van der Waals surface area contributed by atoms with Crippen molar-refractivity contribution in [2.75, 3.05) is 0 Å². The van der Waals surface area contributed by atoms with E-state index < -0.39 is 60.4 Å². The lowest BCUT2D eigenvalue weighted by Gasteiger charge is -2.12. The Morgan fingerprint density at radius 1 is 0.408 bits per heavy atom. The van der Waals surface area contributed by atoms with E-state index in [-0.39, 0.29) is 62.1 Å². The molecule has 0 radical (unpaired) electrons. The van der Waals surface area contributed by atoms with Crippen LogP contribution in [0.2, 0.25) is 0 Å². The van der Waals surface area contributed by atoms with Gasteiger partial charge in [0.15, 0.2) is 17.5 Å². The Hall–Kier alpha value is -6.65. The number of para-hydroxylation sites is 1. The largest absolute Gasteiger partial charge is 0.455 e. The van der Waals surface area contributed by atoms with Gasteiger partial charge >= 0.3 is 0 Å². The van der Waals surface area contributed by atoms with Gasteiger partial charge in [0.25, 0.3) is 0 Å². The normalized spacial score (nSPS) is 14.4. The monoisotopic (exact) mass is 638 g/mol. The van der Waals surface area contributed by atoms with Crippen molar-refractivity contribution < 1.29 is 19.5 Å². The summed E-state index contributed by atoms with van der Waals surface area (Å²) in [4.78, 5) is 14.1. The minimum Gasteiger partial charge on any atom is -0.455 e. The summed E-state index contributed by atoms with van der Waals surface area (Å²) >= 11 is 0. The summed E-state index contributed by atoms with van der Waals surface area (Å²) in [7, 11) is 0. The second-order valence-electron chi connectivity index (χ2n) is 11.2. The molecule has 2 heterocycles. The molecule has 0 bridgehead atoms. The molecule has 7 aromatic carbocycles. The van der Waals surface area contributed by atoms with E-state index in [0.29, 0.717) is 11.1 Å². The molecule has 0 fully saturated rings. The first kappa shape index (κ1) is 19.2. The van der Waals surface area contributed by atoms with Crippen LogP contribution in [0.5, 0.6) is 0 Å². The SMILES string of the molecule is [2H]c1c([2H])c([2H])c(-c2nc(-c3cc(-c4ccccc4)cc(-c4ccccc4)c3)nc(-c3c([2H])c([2H])c4c(oc5c(-c6ccccc6)c([2H])c([2H])c([2H])c54)c3[2H])n2)c([2H])c1[2H]. The van der Waals surface area contributed by atoms with E-state index in [9.17, 15) is 4.11 Å². The van der Waals surface area contributed by atoms with Crippen molar-refractivity contribution in [1.29, 1.82) is 0 Å². The zero-order valence-electron chi connectivity index (χ0n) is 36.6. The maximum Gasteiger partial charge on any atom is 0.164 e. The van der Waals surface area contributed by atoms with Gasteiger partial charge in [-0.25, -0.2) is 15.0 Å². The van der Waals surface area contributed by atoms with Gasteiger partial charge in [0.05, 0.1) is 15.1 Å². The summed E-state index contributed by atoms with van der Waals surface area (Å²) in [5, 5.41) is -0.0617. The molecule has 9 aromatic rings. The third-order valence-electron chi connectivity index (χ3n) is 8.11. The van der Waals surface area contributed by atoms with Crippen molar-refractivity contribution in [3.8, 4) is 67.5 Å². The summed E-state index contributed by atoms with van der Waals surface area (Å²) in [6.07, 6.45) is 0. The zero-order chi connectivity index (χ0) is 42.1. The molecule has 2 aromatic heterocycles. The first-order chi connectivity index (χ1) is 28.8. The van der Waals surface area contributed by atoms with Crippen molar-refractivity contribution in [3.63, 3.8) is 0 Å². The van der Waals surface area contributed by atoms with Crippen molar-refractivity contribution in [2.24, 2.45) is 0 Å². The second-order valence-corrected chi connectivity index (χ2v) is 11.2. The third-order valence-corrected chi connectivity index (χ3v) is 8.11. The van der Waals surface area contributed by atoms with Crippen LogP contribution in [0.1, 0.15) is 15.1 Å². The lowest BCUT2D eigenvalue weighted by atomic mass is 9.96. The molecule has 4 nitrogen and oxygen atoms in total. The lowest BCUT2D eigenvalue weighted by Crippen LogP contribution is -2.00. The predicted octanol–water partition coefficient (Wildman–Crippen LogP) is 11.8. The molecule has 0 aliphatic rings. The molecule has 4 heteroatoms. The Balaban J connectivity index is 1.37. The van der Waals surface area contributed by atoms with Crippen molar-refractivity contribution in [2.45, 2.75) is 0 Å². The highest BCUT2D eigenvalue weighted by molar-refractivity contribution is 6.10. The van der Waals surface area contributed by atoms with Gasteiger partial charge in [-0.2, -0.15) is 0 Å². The molecule has 0 spiro atoms. The highest BCUT2D eigenvalue weighted by Gasteiger charge is 2.17. The van der Waals surface area contributed by atoms with E-state index in [1.807, 2.05) is 78.9 Å². The molecule has 49 heavy (non-hydrogen) atoms. The van der Waals surface area contributed by atoms with Crippen molar-refractivity contribution in [3.05, 3.63) is 176 Å². The molecular formula is C45H29N3O. The van der Waals surface area contributed by atoms with Gasteiger partial charge < -0.3 is 4.42 Å². The molecule has 0 saturated heterocycles. The van der Waals surface area contributed by atoms with Gasteiger partial charge in [-0.1, -0.05) is 145 Å². The zero-order valence-corrected chi connectivity index (χ0v) is 25.6. The highest BCUT2D eigenvalue weighted by atomic mass is 16.3. The summed E-state index contributed by atoms with van der Waals surface area (Å²) < 4.78 is 103. The average molecular weight is 639 g/mol. The van der Waals surface area contributed by atoms with E-state index in [2.05, 4.69) is 4.98 Å². The van der Waals surface area contributed by atoms with Crippen LogP contribution in [-0.4, -0.2) is 15.0 Å². The molecule has 0 saturated carbocycles. The Kier molecular flexibility index (Phi) is 4.78. The molecule has 0 aliphatic carbocycles. The number of benzene rings is 7. The predicted molar refractivity (Wildman–Crippen MR) is 200 cm³/mol. The minimum absolute atomic E-state index is 0.00285. The number of aromatic nitrogens is 3. The fourth-order valence-corrected chi connectivity index (χ4v) is 5.78. The molecule has 9 rings (SSSR count). The molecule has 0 N–H and O–H groups in total.